The molecule has 2 aliphatic rings. The van der Waals surface area contributed by atoms with Crippen molar-refractivity contribution in [3.05, 3.63) is 17.0 Å². The Balaban J connectivity index is 1.85. The number of amides is 2. The maximum atomic E-state index is 12.7. The fourth-order valence-electron chi connectivity index (χ4n) is 3.65. The van der Waals surface area contributed by atoms with E-state index in [1.165, 1.54) is 11.3 Å². The van der Waals surface area contributed by atoms with Gasteiger partial charge in [-0.3, -0.25) is 9.59 Å². The summed E-state index contributed by atoms with van der Waals surface area (Å²) < 4.78 is 5.68. The molecular weight excluding hydrogens is 290 g/mol. The first-order valence-electron chi connectivity index (χ1n) is 6.89. The highest BCUT2D eigenvalue weighted by Gasteiger charge is 2.71. The minimum Gasteiger partial charge on any atom is -0.377 e. The molecule has 5 N–H and O–H groups in total. The van der Waals surface area contributed by atoms with E-state index in [4.69, 9.17) is 16.2 Å². The van der Waals surface area contributed by atoms with Crippen molar-refractivity contribution in [1.82, 2.24) is 0 Å². The van der Waals surface area contributed by atoms with Gasteiger partial charge >= 0.3 is 0 Å². The number of rotatable bonds is 3. The largest absolute Gasteiger partial charge is 0.377 e. The normalized spacial score (nSPS) is 33.1. The summed E-state index contributed by atoms with van der Waals surface area (Å²) in [6.45, 7) is 4.53. The summed E-state index contributed by atoms with van der Waals surface area (Å²) in [7, 11) is 0. The summed E-state index contributed by atoms with van der Waals surface area (Å²) in [6, 6.07) is 1.60. The lowest BCUT2D eigenvalue weighted by Gasteiger charge is -2.60. The van der Waals surface area contributed by atoms with Crippen molar-refractivity contribution >= 4 is 28.2 Å². The van der Waals surface area contributed by atoms with E-state index in [0.29, 0.717) is 17.2 Å². The molecule has 0 bridgehead atoms. The lowest BCUT2D eigenvalue weighted by atomic mass is 9.48. The van der Waals surface area contributed by atoms with Gasteiger partial charge in [-0.25, -0.2) is 0 Å². The van der Waals surface area contributed by atoms with Crippen LogP contribution in [0.4, 0.5) is 5.00 Å². The molecule has 1 saturated carbocycles. The molecule has 1 aromatic heterocycles. The highest BCUT2D eigenvalue weighted by Crippen LogP contribution is 2.58. The van der Waals surface area contributed by atoms with E-state index < -0.39 is 16.9 Å². The molecule has 1 aromatic rings. The number of ether oxygens (including phenoxy) is 1. The summed E-state index contributed by atoms with van der Waals surface area (Å²) in [5.41, 5.74) is 10.6. The van der Waals surface area contributed by atoms with E-state index in [9.17, 15) is 9.59 Å². The van der Waals surface area contributed by atoms with Crippen LogP contribution >= 0.6 is 11.3 Å². The van der Waals surface area contributed by atoms with E-state index >= 15 is 0 Å². The van der Waals surface area contributed by atoms with Crippen LogP contribution in [0.1, 0.15) is 30.6 Å². The highest BCUT2D eigenvalue weighted by molar-refractivity contribution is 7.14. The van der Waals surface area contributed by atoms with Gasteiger partial charge in [0.25, 0.3) is 5.91 Å². The molecule has 114 valence electrons. The van der Waals surface area contributed by atoms with Crippen LogP contribution in [0.3, 0.4) is 0 Å². The Morgan fingerprint density at radius 2 is 2.19 bits per heavy atom. The minimum atomic E-state index is -0.993. The Bertz CT molecular complexity index is 612. The molecule has 0 radical (unpaired) electrons. The number of primary amides is 1. The molecule has 3 rings (SSSR count). The number of fused-ring (bicyclic) bond motifs is 1. The van der Waals surface area contributed by atoms with Crippen LogP contribution in [0.5, 0.6) is 0 Å². The average Bonchev–Trinajstić information content (AvgIpc) is 3.05. The van der Waals surface area contributed by atoms with Crippen molar-refractivity contribution in [2.75, 3.05) is 11.9 Å². The number of hydrogen-bond donors (Lipinski definition) is 3. The Kier molecular flexibility index (Phi) is 3.12. The van der Waals surface area contributed by atoms with Crippen LogP contribution in [-0.4, -0.2) is 30.1 Å². The zero-order valence-corrected chi connectivity index (χ0v) is 12.8. The zero-order valence-electron chi connectivity index (χ0n) is 12.0. The van der Waals surface area contributed by atoms with Crippen molar-refractivity contribution < 1.29 is 14.3 Å². The molecule has 1 saturated heterocycles. The number of carbonyl (C=O) groups excluding carboxylic acids is 2. The summed E-state index contributed by atoms with van der Waals surface area (Å²) in [5, 5.41) is 4.95. The molecule has 0 spiro atoms. The fraction of sp³-hybridized carbons (Fsp3) is 0.571. The molecule has 1 aliphatic heterocycles. The third-order valence-electron chi connectivity index (χ3n) is 4.99. The second-order valence-corrected chi connectivity index (χ2v) is 7.18. The topological polar surface area (TPSA) is 107 Å². The third kappa shape index (κ3) is 1.77. The summed E-state index contributed by atoms with van der Waals surface area (Å²) >= 11 is 1.26. The first kappa shape index (κ1) is 14.5. The van der Waals surface area contributed by atoms with Crippen molar-refractivity contribution in [2.24, 2.45) is 22.8 Å². The molecule has 0 aromatic carbocycles. The van der Waals surface area contributed by atoms with Gasteiger partial charge in [-0.15, -0.1) is 11.3 Å². The molecule has 6 nitrogen and oxygen atoms in total. The van der Waals surface area contributed by atoms with Crippen LogP contribution < -0.4 is 16.8 Å². The monoisotopic (exact) mass is 309 g/mol. The van der Waals surface area contributed by atoms with Crippen LogP contribution in [0.15, 0.2) is 11.4 Å². The van der Waals surface area contributed by atoms with Crippen LogP contribution in [0.25, 0.3) is 0 Å². The first-order valence-corrected chi connectivity index (χ1v) is 7.77. The maximum absolute atomic E-state index is 12.7. The van der Waals surface area contributed by atoms with Gasteiger partial charge < -0.3 is 21.5 Å². The van der Waals surface area contributed by atoms with Gasteiger partial charge in [0, 0.05) is 17.9 Å². The quantitative estimate of drug-likeness (QED) is 0.772. The van der Waals surface area contributed by atoms with Crippen LogP contribution in [0, 0.1) is 11.3 Å². The molecule has 1 aliphatic carbocycles. The second kappa shape index (κ2) is 4.53. The number of hydrogen-bond acceptors (Lipinski definition) is 5. The Hall–Kier alpha value is -1.44. The molecule has 2 heterocycles. The molecule has 2 fully saturated rings. The van der Waals surface area contributed by atoms with Gasteiger partial charge in [-0.05, 0) is 17.9 Å². The van der Waals surface area contributed by atoms with Gasteiger partial charge in [-0.1, -0.05) is 13.8 Å². The van der Waals surface area contributed by atoms with E-state index in [1.54, 1.807) is 11.4 Å². The number of carbonyl (C=O) groups is 2. The predicted octanol–water partition coefficient (Wildman–Crippen LogP) is 0.928. The second-order valence-electron chi connectivity index (χ2n) is 6.26. The zero-order chi connectivity index (χ0) is 15.4. The van der Waals surface area contributed by atoms with E-state index in [2.05, 4.69) is 5.32 Å². The smallest absolute Gasteiger partial charge is 0.251 e. The Morgan fingerprint density at radius 1 is 1.48 bits per heavy atom. The summed E-state index contributed by atoms with van der Waals surface area (Å²) in [6.07, 6.45) is 0.803. The number of anilines is 1. The van der Waals surface area contributed by atoms with E-state index in [1.807, 2.05) is 13.8 Å². The molecule has 3 unspecified atom stereocenters. The van der Waals surface area contributed by atoms with Crippen molar-refractivity contribution in [3.63, 3.8) is 0 Å². The van der Waals surface area contributed by atoms with Gasteiger partial charge in [0.1, 0.15) is 10.5 Å². The fourth-order valence-corrected chi connectivity index (χ4v) is 4.44. The van der Waals surface area contributed by atoms with Crippen molar-refractivity contribution in [1.29, 1.82) is 0 Å². The SMILES string of the molecule is CC1(C)C2OCCC2C1(N)C(=O)Nc1sccc1C(N)=O. The number of nitrogens with one attached hydrogen (secondary N) is 1. The van der Waals surface area contributed by atoms with Gasteiger partial charge in [0.15, 0.2) is 0 Å². The third-order valence-corrected chi connectivity index (χ3v) is 5.82. The minimum absolute atomic E-state index is 0.0180. The molecule has 21 heavy (non-hydrogen) atoms. The molecule has 3 atom stereocenters. The van der Waals surface area contributed by atoms with Crippen molar-refractivity contribution in [3.8, 4) is 0 Å². The van der Waals surface area contributed by atoms with Gasteiger partial charge in [0.2, 0.25) is 5.91 Å². The van der Waals surface area contributed by atoms with Crippen LogP contribution in [-0.2, 0) is 9.53 Å². The number of nitrogens with two attached hydrogens (primary N) is 2. The maximum Gasteiger partial charge on any atom is 0.251 e. The summed E-state index contributed by atoms with van der Waals surface area (Å²) in [5.74, 6) is -0.818. The lowest BCUT2D eigenvalue weighted by molar-refractivity contribution is -0.170. The Morgan fingerprint density at radius 3 is 2.86 bits per heavy atom. The van der Waals surface area contributed by atoms with E-state index in [0.717, 1.165) is 6.42 Å². The molecular formula is C14H19N3O3S. The molecule has 2 amide bonds. The summed E-state index contributed by atoms with van der Waals surface area (Å²) in [4.78, 5) is 24.0. The van der Waals surface area contributed by atoms with Crippen molar-refractivity contribution in [2.45, 2.75) is 31.9 Å². The van der Waals surface area contributed by atoms with E-state index in [-0.39, 0.29) is 17.9 Å². The highest BCUT2D eigenvalue weighted by atomic mass is 32.1. The first-order chi connectivity index (χ1) is 9.80. The van der Waals surface area contributed by atoms with Gasteiger partial charge in [0.05, 0.1) is 11.7 Å². The standard InChI is InChI=1S/C14H19N3O3S/c1-13(2)9-8(3-5-20-9)14(13,16)12(19)17-11-7(10(15)18)4-6-21-11/h4,6,8-9H,3,5,16H2,1-2H3,(H2,15,18)(H,17,19). The average molecular weight is 309 g/mol. The number of thiophene rings is 1. The predicted molar refractivity (Wildman–Crippen MR) is 80.0 cm³/mol. The lowest BCUT2D eigenvalue weighted by Crippen LogP contribution is -2.79. The Labute approximate surface area is 126 Å². The van der Waals surface area contributed by atoms with Gasteiger partial charge in [-0.2, -0.15) is 0 Å². The van der Waals surface area contributed by atoms with Crippen LogP contribution in [0.2, 0.25) is 0 Å². The molecule has 7 heteroatoms.